The Morgan fingerprint density at radius 1 is 1.22 bits per heavy atom. The number of hydrogen-bond donors (Lipinski definition) is 0. The third kappa shape index (κ3) is 5.20. The second kappa shape index (κ2) is 6.95. The molecule has 0 bridgehead atoms. The summed E-state index contributed by atoms with van der Waals surface area (Å²) in [7, 11) is 0. The molecule has 4 nitrogen and oxygen atoms in total. The van der Waals surface area contributed by atoms with Crippen LogP contribution in [0.3, 0.4) is 0 Å². The van der Waals surface area contributed by atoms with Gasteiger partial charge in [-0.25, -0.2) is 14.2 Å². The number of carbonyl (C=O) groups is 1. The lowest BCUT2D eigenvalue weighted by molar-refractivity contribution is -0.154. The maximum absolute atomic E-state index is 13.6. The molecule has 0 fully saturated rings. The quantitative estimate of drug-likeness (QED) is 0.444. The van der Waals surface area contributed by atoms with Crippen molar-refractivity contribution in [2.24, 2.45) is 0 Å². The van der Waals surface area contributed by atoms with Crippen LogP contribution >= 0.6 is 15.9 Å². The van der Waals surface area contributed by atoms with Crippen LogP contribution in [-0.2, 0) is 0 Å². The minimum absolute atomic E-state index is 0.0633. The SMILES string of the molecule is O=C(Oc1ccc(Br)cc1F)c1ccc(OCC(F)(F)F)nc1. The lowest BCUT2D eigenvalue weighted by atomic mass is 10.3. The summed E-state index contributed by atoms with van der Waals surface area (Å²) < 4.78 is 59.2. The summed E-state index contributed by atoms with van der Waals surface area (Å²) in [6, 6.07) is 6.11. The monoisotopic (exact) mass is 393 g/mol. The molecule has 0 N–H and O–H groups in total. The zero-order chi connectivity index (χ0) is 17.0. The Labute approximate surface area is 136 Å². The van der Waals surface area contributed by atoms with E-state index in [-0.39, 0.29) is 17.2 Å². The van der Waals surface area contributed by atoms with Gasteiger partial charge in [0.2, 0.25) is 5.88 Å². The first kappa shape index (κ1) is 17.2. The van der Waals surface area contributed by atoms with E-state index < -0.39 is 24.6 Å². The second-order valence-electron chi connectivity index (χ2n) is 4.25. The fourth-order valence-corrected chi connectivity index (χ4v) is 1.79. The number of esters is 1. The molecule has 1 aromatic heterocycles. The smallest absolute Gasteiger partial charge is 0.422 e. The van der Waals surface area contributed by atoms with E-state index in [1.807, 2.05) is 0 Å². The number of nitrogens with zero attached hydrogens (tertiary/aromatic N) is 1. The van der Waals surface area contributed by atoms with Gasteiger partial charge in [-0.1, -0.05) is 15.9 Å². The summed E-state index contributed by atoms with van der Waals surface area (Å²) in [4.78, 5) is 15.4. The molecule has 2 aromatic rings. The van der Waals surface area contributed by atoms with Crippen LogP contribution < -0.4 is 9.47 Å². The largest absolute Gasteiger partial charge is 0.468 e. The van der Waals surface area contributed by atoms with Gasteiger partial charge in [-0.2, -0.15) is 13.2 Å². The van der Waals surface area contributed by atoms with Crippen molar-refractivity contribution in [2.75, 3.05) is 6.61 Å². The lowest BCUT2D eigenvalue weighted by Crippen LogP contribution is -2.19. The van der Waals surface area contributed by atoms with Gasteiger partial charge in [-0.05, 0) is 24.3 Å². The summed E-state index contributed by atoms with van der Waals surface area (Å²) >= 11 is 3.06. The summed E-state index contributed by atoms with van der Waals surface area (Å²) in [6.45, 7) is -1.49. The predicted octanol–water partition coefficient (Wildman–Crippen LogP) is 4.14. The fraction of sp³-hybridized carbons (Fsp3) is 0.143. The molecule has 0 aliphatic carbocycles. The average molecular weight is 394 g/mol. The van der Waals surface area contributed by atoms with Crippen LogP contribution in [0.2, 0.25) is 0 Å². The molecule has 0 amide bonds. The van der Waals surface area contributed by atoms with Gasteiger partial charge >= 0.3 is 12.1 Å². The normalized spacial score (nSPS) is 11.2. The van der Waals surface area contributed by atoms with Crippen molar-refractivity contribution >= 4 is 21.9 Å². The highest BCUT2D eigenvalue weighted by atomic mass is 79.9. The molecule has 0 saturated heterocycles. The molecule has 23 heavy (non-hydrogen) atoms. The van der Waals surface area contributed by atoms with Gasteiger partial charge in [-0.15, -0.1) is 0 Å². The number of hydrogen-bond acceptors (Lipinski definition) is 4. The molecule has 0 aliphatic rings. The van der Waals surface area contributed by atoms with E-state index >= 15 is 0 Å². The highest BCUT2D eigenvalue weighted by Gasteiger charge is 2.28. The Balaban J connectivity index is 2.02. The number of rotatable bonds is 4. The molecule has 1 aromatic carbocycles. The molecule has 2 rings (SSSR count). The van der Waals surface area contributed by atoms with Gasteiger partial charge < -0.3 is 9.47 Å². The third-order valence-corrected chi connectivity index (χ3v) is 2.95. The molecule has 0 spiro atoms. The van der Waals surface area contributed by atoms with E-state index in [0.29, 0.717) is 4.47 Å². The maximum Gasteiger partial charge on any atom is 0.422 e. The van der Waals surface area contributed by atoms with Crippen LogP contribution in [0.25, 0.3) is 0 Å². The summed E-state index contributed by atoms with van der Waals surface area (Å²) in [5, 5.41) is 0. The maximum atomic E-state index is 13.6. The number of halogens is 5. The van der Waals surface area contributed by atoms with Gasteiger partial charge in [0, 0.05) is 16.7 Å². The summed E-state index contributed by atoms with van der Waals surface area (Å²) in [5.41, 5.74) is -0.0633. The number of ether oxygens (including phenoxy) is 2. The van der Waals surface area contributed by atoms with Gasteiger partial charge in [-0.3, -0.25) is 0 Å². The molecule has 0 atom stereocenters. The number of pyridine rings is 1. The molecular formula is C14H8BrF4NO3. The van der Waals surface area contributed by atoms with Crippen LogP contribution in [0, 0.1) is 5.82 Å². The van der Waals surface area contributed by atoms with Crippen molar-refractivity contribution in [1.82, 2.24) is 4.98 Å². The number of aromatic nitrogens is 1. The summed E-state index contributed by atoms with van der Waals surface area (Å²) in [6.07, 6.45) is -3.51. The molecule has 122 valence electrons. The Morgan fingerprint density at radius 2 is 1.96 bits per heavy atom. The molecule has 0 radical (unpaired) electrons. The van der Waals surface area contributed by atoms with Crippen LogP contribution in [0.1, 0.15) is 10.4 Å². The zero-order valence-electron chi connectivity index (χ0n) is 11.2. The third-order valence-electron chi connectivity index (χ3n) is 2.45. The van der Waals surface area contributed by atoms with Crippen LogP contribution in [0.4, 0.5) is 17.6 Å². The van der Waals surface area contributed by atoms with Gasteiger partial charge in [0.1, 0.15) is 0 Å². The molecule has 0 saturated carbocycles. The highest BCUT2D eigenvalue weighted by Crippen LogP contribution is 2.22. The lowest BCUT2D eigenvalue weighted by Gasteiger charge is -2.09. The Morgan fingerprint density at radius 3 is 2.52 bits per heavy atom. The summed E-state index contributed by atoms with van der Waals surface area (Å²) in [5.74, 6) is -2.23. The van der Waals surface area contributed by atoms with Crippen LogP contribution in [0.5, 0.6) is 11.6 Å². The molecule has 9 heteroatoms. The Hall–Kier alpha value is -2.16. The van der Waals surface area contributed by atoms with Crippen LogP contribution in [-0.4, -0.2) is 23.7 Å². The first-order valence-corrected chi connectivity index (χ1v) is 6.87. The number of benzene rings is 1. The van der Waals surface area contributed by atoms with Gasteiger partial charge in [0.15, 0.2) is 18.2 Å². The first-order chi connectivity index (χ1) is 10.7. The topological polar surface area (TPSA) is 48.4 Å². The number of carbonyl (C=O) groups excluding carboxylic acids is 1. The molecule has 1 heterocycles. The van der Waals surface area contributed by atoms with Crippen molar-refractivity contribution in [3.63, 3.8) is 0 Å². The fourth-order valence-electron chi connectivity index (χ4n) is 1.46. The molecule has 0 aliphatic heterocycles. The van der Waals surface area contributed by atoms with E-state index in [1.54, 1.807) is 0 Å². The minimum Gasteiger partial charge on any atom is -0.468 e. The number of alkyl halides is 3. The highest BCUT2D eigenvalue weighted by molar-refractivity contribution is 9.10. The first-order valence-electron chi connectivity index (χ1n) is 6.07. The van der Waals surface area contributed by atoms with Crippen molar-refractivity contribution in [3.8, 4) is 11.6 Å². The average Bonchev–Trinajstić information content (AvgIpc) is 2.48. The van der Waals surface area contributed by atoms with E-state index in [0.717, 1.165) is 24.4 Å². The van der Waals surface area contributed by atoms with Crippen molar-refractivity contribution in [3.05, 3.63) is 52.4 Å². The van der Waals surface area contributed by atoms with E-state index in [2.05, 4.69) is 25.7 Å². The predicted molar refractivity (Wildman–Crippen MR) is 74.8 cm³/mol. The van der Waals surface area contributed by atoms with E-state index in [4.69, 9.17) is 4.74 Å². The van der Waals surface area contributed by atoms with Crippen molar-refractivity contribution < 1.29 is 31.8 Å². The second-order valence-corrected chi connectivity index (χ2v) is 5.17. The Bertz CT molecular complexity index is 704. The van der Waals surface area contributed by atoms with E-state index in [9.17, 15) is 22.4 Å². The van der Waals surface area contributed by atoms with Crippen molar-refractivity contribution in [2.45, 2.75) is 6.18 Å². The standard InChI is InChI=1S/C14H8BrF4NO3/c15-9-2-3-11(10(16)5-9)23-13(21)8-1-4-12(20-6-8)22-7-14(17,18)19/h1-6H,7H2. The van der Waals surface area contributed by atoms with Crippen LogP contribution in [0.15, 0.2) is 41.0 Å². The zero-order valence-corrected chi connectivity index (χ0v) is 12.8. The van der Waals surface area contributed by atoms with Gasteiger partial charge in [0.05, 0.1) is 5.56 Å². The van der Waals surface area contributed by atoms with Gasteiger partial charge in [0.25, 0.3) is 0 Å². The Kier molecular flexibility index (Phi) is 5.19. The molecule has 0 unspecified atom stereocenters. The molecular weight excluding hydrogens is 386 g/mol. The van der Waals surface area contributed by atoms with Crippen molar-refractivity contribution in [1.29, 1.82) is 0 Å². The van der Waals surface area contributed by atoms with E-state index in [1.165, 1.54) is 12.1 Å². The minimum atomic E-state index is -4.49.